The molecule has 1 fully saturated rings. The lowest BCUT2D eigenvalue weighted by atomic mass is 10.1. The SMILES string of the molecule is O=C1CSc2ccc(N3C[C@@H](CNCC4Cn5c(=O)ccc6ccc(F)c(c65)O4)OC3=O)cc2N1. The Hall–Kier alpha value is -3.57. The molecule has 0 aliphatic carbocycles. The van der Waals surface area contributed by atoms with Crippen molar-refractivity contribution in [2.24, 2.45) is 0 Å². The van der Waals surface area contributed by atoms with Crippen LogP contribution in [0.15, 0.2) is 52.2 Å². The first-order valence-electron chi connectivity index (χ1n) is 11.2. The molecule has 2 amide bonds. The second kappa shape index (κ2) is 8.58. The molecule has 9 nitrogen and oxygen atoms in total. The number of hydrogen-bond acceptors (Lipinski definition) is 7. The van der Waals surface area contributed by atoms with Crippen molar-refractivity contribution in [3.8, 4) is 5.75 Å². The molecule has 2 aromatic carbocycles. The van der Waals surface area contributed by atoms with Crippen LogP contribution < -0.4 is 25.8 Å². The second-order valence-electron chi connectivity index (χ2n) is 8.63. The zero-order chi connectivity index (χ0) is 24.1. The van der Waals surface area contributed by atoms with Crippen LogP contribution in [0.1, 0.15) is 0 Å². The van der Waals surface area contributed by atoms with Crippen molar-refractivity contribution in [1.29, 1.82) is 0 Å². The monoisotopic (exact) mass is 496 g/mol. The van der Waals surface area contributed by atoms with E-state index in [0.717, 1.165) is 10.3 Å². The highest BCUT2D eigenvalue weighted by Crippen LogP contribution is 2.35. The molecular weight excluding hydrogens is 475 g/mol. The summed E-state index contributed by atoms with van der Waals surface area (Å²) in [5.41, 5.74) is 1.59. The summed E-state index contributed by atoms with van der Waals surface area (Å²) in [6, 6.07) is 11.6. The summed E-state index contributed by atoms with van der Waals surface area (Å²) in [4.78, 5) is 39.0. The quantitative estimate of drug-likeness (QED) is 0.560. The van der Waals surface area contributed by atoms with Crippen LogP contribution >= 0.6 is 11.8 Å². The van der Waals surface area contributed by atoms with Crippen LogP contribution in [0.3, 0.4) is 0 Å². The molecule has 3 aliphatic heterocycles. The molecule has 0 spiro atoms. The van der Waals surface area contributed by atoms with Crippen molar-refractivity contribution in [2.45, 2.75) is 23.6 Å². The Morgan fingerprint density at radius 3 is 2.69 bits per heavy atom. The van der Waals surface area contributed by atoms with Crippen molar-refractivity contribution in [1.82, 2.24) is 9.88 Å². The molecule has 3 aromatic rings. The van der Waals surface area contributed by atoms with E-state index in [-0.39, 0.29) is 23.8 Å². The smallest absolute Gasteiger partial charge is 0.414 e. The minimum absolute atomic E-state index is 0.0725. The molecule has 35 heavy (non-hydrogen) atoms. The largest absolute Gasteiger partial charge is 0.482 e. The lowest BCUT2D eigenvalue weighted by molar-refractivity contribution is -0.113. The number of hydrogen-bond donors (Lipinski definition) is 2. The number of carbonyl (C=O) groups excluding carboxylic acids is 2. The van der Waals surface area contributed by atoms with Crippen molar-refractivity contribution >= 4 is 46.0 Å². The fourth-order valence-corrected chi connectivity index (χ4v) is 5.41. The number of amides is 2. The summed E-state index contributed by atoms with van der Waals surface area (Å²) in [7, 11) is 0. The maximum Gasteiger partial charge on any atom is 0.414 e. The first kappa shape index (κ1) is 21.9. The molecule has 0 saturated carbocycles. The fourth-order valence-electron chi connectivity index (χ4n) is 4.63. The first-order valence-corrected chi connectivity index (χ1v) is 12.2. The molecule has 11 heteroatoms. The van der Waals surface area contributed by atoms with E-state index in [9.17, 15) is 18.8 Å². The summed E-state index contributed by atoms with van der Waals surface area (Å²) in [6.45, 7) is 1.33. The highest BCUT2D eigenvalue weighted by molar-refractivity contribution is 8.00. The number of anilines is 2. The zero-order valence-corrected chi connectivity index (χ0v) is 19.3. The lowest BCUT2D eigenvalue weighted by Crippen LogP contribution is -2.43. The van der Waals surface area contributed by atoms with E-state index in [1.54, 1.807) is 18.2 Å². The number of halogens is 1. The number of fused-ring (bicyclic) bond motifs is 1. The first-order chi connectivity index (χ1) is 17.0. The average molecular weight is 497 g/mol. The molecule has 2 atom stereocenters. The Balaban J connectivity index is 1.09. The van der Waals surface area contributed by atoms with Gasteiger partial charge in [-0.2, -0.15) is 0 Å². The van der Waals surface area contributed by atoms with Crippen molar-refractivity contribution in [3.05, 3.63) is 58.6 Å². The van der Waals surface area contributed by atoms with E-state index in [1.807, 2.05) is 12.1 Å². The highest BCUT2D eigenvalue weighted by atomic mass is 32.2. The molecule has 1 saturated heterocycles. The van der Waals surface area contributed by atoms with Crippen molar-refractivity contribution in [2.75, 3.05) is 35.6 Å². The predicted octanol–water partition coefficient (Wildman–Crippen LogP) is 2.56. The topological polar surface area (TPSA) is 102 Å². The Morgan fingerprint density at radius 2 is 1.83 bits per heavy atom. The summed E-state index contributed by atoms with van der Waals surface area (Å²) in [5, 5.41) is 6.79. The van der Waals surface area contributed by atoms with Gasteiger partial charge in [0.1, 0.15) is 12.2 Å². The Labute approximate surface area is 203 Å². The van der Waals surface area contributed by atoms with Crippen molar-refractivity contribution < 1.29 is 23.5 Å². The predicted molar refractivity (Wildman–Crippen MR) is 129 cm³/mol. The third kappa shape index (κ3) is 4.00. The van der Waals surface area contributed by atoms with Crippen LogP contribution in [-0.4, -0.2) is 54.2 Å². The van der Waals surface area contributed by atoms with E-state index in [4.69, 9.17) is 9.47 Å². The van der Waals surface area contributed by atoms with Crippen LogP contribution in [0.4, 0.5) is 20.6 Å². The maximum atomic E-state index is 14.4. The van der Waals surface area contributed by atoms with Crippen LogP contribution in [0.5, 0.6) is 5.75 Å². The maximum absolute atomic E-state index is 14.4. The Bertz CT molecular complexity index is 1430. The van der Waals surface area contributed by atoms with Crippen LogP contribution in [0, 0.1) is 5.82 Å². The number of nitrogens with zero attached hydrogens (tertiary/aromatic N) is 2. The minimum Gasteiger partial charge on any atom is -0.482 e. The molecule has 3 aliphatic rings. The van der Waals surface area contributed by atoms with E-state index in [1.165, 1.54) is 33.4 Å². The van der Waals surface area contributed by atoms with E-state index >= 15 is 0 Å². The summed E-state index contributed by atoms with van der Waals surface area (Å²) >= 11 is 1.46. The number of cyclic esters (lactones) is 1. The van der Waals surface area contributed by atoms with Gasteiger partial charge >= 0.3 is 6.09 Å². The van der Waals surface area contributed by atoms with Gasteiger partial charge in [-0.3, -0.25) is 14.5 Å². The standard InChI is InChI=1S/C24H21FN4O5S/c25-17-4-1-13-2-6-21(31)29-11-15(33-23(17)22(13)29)8-26-9-16-10-28(24(32)34-16)14-3-5-19-18(7-14)27-20(30)12-35-19/h1-7,15-16,26H,8-12H2,(H,27,30)/t15?,16-/m1/s1. The number of thioether (sulfide) groups is 1. The molecule has 0 radical (unpaired) electrons. The number of nitrogens with one attached hydrogen (secondary N) is 2. The molecule has 1 aromatic heterocycles. The molecule has 0 bridgehead atoms. The van der Waals surface area contributed by atoms with Gasteiger partial charge in [-0.25, -0.2) is 9.18 Å². The minimum atomic E-state index is -0.512. The van der Waals surface area contributed by atoms with Gasteiger partial charge < -0.3 is 24.7 Å². The van der Waals surface area contributed by atoms with Crippen LogP contribution in [-0.2, 0) is 16.1 Å². The van der Waals surface area contributed by atoms with Gasteiger partial charge in [-0.1, -0.05) is 0 Å². The van der Waals surface area contributed by atoms with Crippen molar-refractivity contribution in [3.63, 3.8) is 0 Å². The number of ether oxygens (including phenoxy) is 2. The summed E-state index contributed by atoms with van der Waals surface area (Å²) in [6.07, 6.45) is -1.33. The van der Waals surface area contributed by atoms with Gasteiger partial charge in [0.25, 0.3) is 5.56 Å². The van der Waals surface area contributed by atoms with Crippen LogP contribution in [0.2, 0.25) is 0 Å². The normalized spacial score (nSPS) is 20.9. The number of benzene rings is 2. The number of carbonyl (C=O) groups is 2. The number of pyridine rings is 1. The third-order valence-electron chi connectivity index (χ3n) is 6.25. The number of aromatic nitrogens is 1. The average Bonchev–Trinajstić information content (AvgIpc) is 3.22. The fraction of sp³-hybridized carbons (Fsp3) is 0.292. The Morgan fingerprint density at radius 1 is 1.03 bits per heavy atom. The summed E-state index contributed by atoms with van der Waals surface area (Å²) < 4.78 is 27.3. The van der Waals surface area contributed by atoms with E-state index in [0.29, 0.717) is 42.3 Å². The molecule has 6 rings (SSSR count). The lowest BCUT2D eigenvalue weighted by Gasteiger charge is -2.28. The van der Waals surface area contributed by atoms with Gasteiger partial charge in [0.05, 0.1) is 30.0 Å². The zero-order valence-electron chi connectivity index (χ0n) is 18.5. The second-order valence-corrected chi connectivity index (χ2v) is 9.65. The van der Waals surface area contributed by atoms with Gasteiger partial charge in [0, 0.05) is 35.1 Å². The molecule has 4 heterocycles. The van der Waals surface area contributed by atoms with Gasteiger partial charge in [-0.15, -0.1) is 11.8 Å². The third-order valence-corrected chi connectivity index (χ3v) is 7.33. The Kier molecular flexibility index (Phi) is 5.37. The molecule has 2 N–H and O–H groups in total. The van der Waals surface area contributed by atoms with E-state index < -0.39 is 24.1 Å². The van der Waals surface area contributed by atoms with Gasteiger partial charge in [0.15, 0.2) is 11.6 Å². The van der Waals surface area contributed by atoms with Gasteiger partial charge in [0.2, 0.25) is 5.91 Å². The number of rotatable bonds is 5. The van der Waals surface area contributed by atoms with Crippen LogP contribution in [0.25, 0.3) is 10.9 Å². The molecule has 180 valence electrons. The molecular formula is C24H21FN4O5S. The summed E-state index contributed by atoms with van der Waals surface area (Å²) in [5.74, 6) is -0.133. The molecule has 1 unspecified atom stereocenters. The van der Waals surface area contributed by atoms with E-state index in [2.05, 4.69) is 10.6 Å². The highest BCUT2D eigenvalue weighted by Gasteiger charge is 2.33. The van der Waals surface area contributed by atoms with Gasteiger partial charge in [-0.05, 0) is 36.4 Å².